The Labute approximate surface area is 137 Å². The molecule has 0 bridgehead atoms. The summed E-state index contributed by atoms with van der Waals surface area (Å²) in [4.78, 5) is 7.12. The van der Waals surface area contributed by atoms with Crippen molar-refractivity contribution in [3.8, 4) is 0 Å². The van der Waals surface area contributed by atoms with Gasteiger partial charge in [-0.25, -0.2) is 0 Å². The van der Waals surface area contributed by atoms with Crippen molar-refractivity contribution in [1.82, 2.24) is 10.2 Å². The molecule has 0 spiro atoms. The minimum absolute atomic E-state index is 0.420. The standard InChI is InChI=1S/C18H38N4/c1-14(2)7-6-8-16(5)21-18(19)20-11-17-9-10-22(13-17)12-15(3)4/h14-17H,6-13H2,1-5H3,(H3,19,20,21). The molecular formula is C18H38N4. The van der Waals surface area contributed by atoms with Gasteiger partial charge in [-0.15, -0.1) is 0 Å². The summed E-state index contributed by atoms with van der Waals surface area (Å²) < 4.78 is 0. The normalized spacial score (nSPS) is 21.8. The topological polar surface area (TPSA) is 53.6 Å². The number of aliphatic imine (C=N–C) groups is 1. The number of nitrogens with two attached hydrogens (primary N) is 1. The second kappa shape index (κ2) is 10.1. The minimum Gasteiger partial charge on any atom is -0.370 e. The Hall–Kier alpha value is -0.770. The van der Waals surface area contributed by atoms with Crippen molar-refractivity contribution in [3.05, 3.63) is 0 Å². The van der Waals surface area contributed by atoms with Gasteiger partial charge in [0.2, 0.25) is 0 Å². The highest BCUT2D eigenvalue weighted by molar-refractivity contribution is 5.78. The van der Waals surface area contributed by atoms with Gasteiger partial charge in [0.15, 0.2) is 5.96 Å². The number of nitrogens with zero attached hydrogens (tertiary/aromatic N) is 2. The average molecular weight is 311 g/mol. The van der Waals surface area contributed by atoms with E-state index < -0.39 is 0 Å². The molecule has 0 saturated carbocycles. The van der Waals surface area contributed by atoms with Gasteiger partial charge in [0.05, 0.1) is 0 Å². The van der Waals surface area contributed by atoms with E-state index in [9.17, 15) is 0 Å². The Morgan fingerprint density at radius 1 is 1.18 bits per heavy atom. The zero-order valence-electron chi connectivity index (χ0n) is 15.4. The lowest BCUT2D eigenvalue weighted by molar-refractivity contribution is 0.288. The van der Waals surface area contributed by atoms with Gasteiger partial charge >= 0.3 is 0 Å². The van der Waals surface area contributed by atoms with Crippen LogP contribution in [0.4, 0.5) is 0 Å². The van der Waals surface area contributed by atoms with Gasteiger partial charge in [-0.3, -0.25) is 4.99 Å². The van der Waals surface area contributed by atoms with Crippen molar-refractivity contribution in [2.24, 2.45) is 28.5 Å². The van der Waals surface area contributed by atoms with Gasteiger partial charge in [-0.05, 0) is 44.1 Å². The zero-order valence-corrected chi connectivity index (χ0v) is 15.4. The molecule has 0 aromatic heterocycles. The first-order chi connectivity index (χ1) is 10.4. The van der Waals surface area contributed by atoms with E-state index in [1.54, 1.807) is 0 Å². The molecule has 3 N–H and O–H groups in total. The highest BCUT2D eigenvalue weighted by Crippen LogP contribution is 2.17. The van der Waals surface area contributed by atoms with Crippen molar-refractivity contribution in [2.75, 3.05) is 26.2 Å². The molecule has 0 amide bonds. The molecule has 22 heavy (non-hydrogen) atoms. The Kier molecular flexibility index (Phi) is 8.84. The van der Waals surface area contributed by atoms with E-state index in [1.165, 1.54) is 45.3 Å². The third-order valence-corrected chi connectivity index (χ3v) is 4.33. The van der Waals surface area contributed by atoms with E-state index in [2.05, 4.69) is 49.8 Å². The van der Waals surface area contributed by atoms with Crippen LogP contribution in [0, 0.1) is 17.8 Å². The summed E-state index contributed by atoms with van der Waals surface area (Å²) in [6.45, 7) is 15.8. The third-order valence-electron chi connectivity index (χ3n) is 4.33. The first kappa shape index (κ1) is 19.3. The highest BCUT2D eigenvalue weighted by atomic mass is 15.2. The molecule has 0 radical (unpaired) electrons. The van der Waals surface area contributed by atoms with Crippen molar-refractivity contribution in [1.29, 1.82) is 0 Å². The Morgan fingerprint density at radius 3 is 2.55 bits per heavy atom. The number of hydrogen-bond donors (Lipinski definition) is 2. The highest BCUT2D eigenvalue weighted by Gasteiger charge is 2.22. The second-order valence-electron chi connectivity index (χ2n) is 7.90. The van der Waals surface area contributed by atoms with Crippen LogP contribution in [0.1, 0.15) is 60.3 Å². The van der Waals surface area contributed by atoms with Crippen LogP contribution < -0.4 is 11.1 Å². The Morgan fingerprint density at radius 2 is 1.91 bits per heavy atom. The van der Waals surface area contributed by atoms with Crippen molar-refractivity contribution < 1.29 is 0 Å². The predicted octanol–water partition coefficient (Wildman–Crippen LogP) is 3.08. The Bertz CT molecular complexity index is 325. The summed E-state index contributed by atoms with van der Waals surface area (Å²) in [7, 11) is 0. The van der Waals surface area contributed by atoms with Crippen LogP contribution in [0.25, 0.3) is 0 Å². The number of rotatable bonds is 9. The fraction of sp³-hybridized carbons (Fsp3) is 0.944. The number of nitrogens with one attached hydrogen (secondary N) is 1. The van der Waals surface area contributed by atoms with Crippen molar-refractivity contribution >= 4 is 5.96 Å². The summed E-state index contributed by atoms with van der Waals surface area (Å²) in [5.41, 5.74) is 6.02. The summed E-state index contributed by atoms with van der Waals surface area (Å²) in [5.74, 6) is 2.84. The molecule has 0 aromatic carbocycles. The van der Waals surface area contributed by atoms with Crippen LogP contribution in [0.3, 0.4) is 0 Å². The first-order valence-electron chi connectivity index (χ1n) is 9.15. The maximum atomic E-state index is 6.02. The lowest BCUT2D eigenvalue weighted by atomic mass is 10.0. The molecule has 1 heterocycles. The van der Waals surface area contributed by atoms with Gasteiger partial charge in [0.1, 0.15) is 0 Å². The zero-order chi connectivity index (χ0) is 16.5. The van der Waals surface area contributed by atoms with Crippen LogP contribution in [0.15, 0.2) is 4.99 Å². The molecular weight excluding hydrogens is 272 g/mol. The minimum atomic E-state index is 0.420. The maximum absolute atomic E-state index is 6.02. The molecule has 1 fully saturated rings. The SMILES string of the molecule is CC(C)CCCC(C)NC(N)=NCC1CCN(CC(C)C)C1. The molecule has 2 unspecified atom stereocenters. The summed E-state index contributed by atoms with van der Waals surface area (Å²) in [5, 5.41) is 3.34. The third kappa shape index (κ3) is 8.62. The molecule has 1 rings (SSSR count). The maximum Gasteiger partial charge on any atom is 0.188 e. The lowest BCUT2D eigenvalue weighted by Crippen LogP contribution is -2.38. The van der Waals surface area contributed by atoms with Crippen LogP contribution in [0.2, 0.25) is 0 Å². The predicted molar refractivity (Wildman–Crippen MR) is 97.2 cm³/mol. The van der Waals surface area contributed by atoms with Gasteiger partial charge in [0, 0.05) is 25.7 Å². The smallest absolute Gasteiger partial charge is 0.188 e. The molecule has 1 saturated heterocycles. The van der Waals surface area contributed by atoms with E-state index in [-0.39, 0.29) is 0 Å². The molecule has 4 heteroatoms. The van der Waals surface area contributed by atoms with E-state index in [0.29, 0.717) is 17.9 Å². The van der Waals surface area contributed by atoms with Crippen LogP contribution >= 0.6 is 0 Å². The van der Waals surface area contributed by atoms with Gasteiger partial charge in [-0.1, -0.05) is 40.5 Å². The number of likely N-dealkylation sites (tertiary alicyclic amines) is 1. The largest absolute Gasteiger partial charge is 0.370 e. The molecule has 2 atom stereocenters. The molecule has 1 aliphatic heterocycles. The quantitative estimate of drug-likeness (QED) is 0.508. The van der Waals surface area contributed by atoms with E-state index in [4.69, 9.17) is 5.73 Å². The van der Waals surface area contributed by atoms with Crippen LogP contribution in [0.5, 0.6) is 0 Å². The van der Waals surface area contributed by atoms with Crippen LogP contribution in [-0.2, 0) is 0 Å². The summed E-state index contributed by atoms with van der Waals surface area (Å²) in [6, 6.07) is 0.420. The molecule has 1 aliphatic rings. The van der Waals surface area contributed by atoms with Crippen LogP contribution in [-0.4, -0.2) is 43.1 Å². The number of guanidine groups is 1. The summed E-state index contributed by atoms with van der Waals surface area (Å²) >= 11 is 0. The van der Waals surface area contributed by atoms with E-state index in [1.807, 2.05) is 0 Å². The monoisotopic (exact) mass is 310 g/mol. The van der Waals surface area contributed by atoms with Crippen molar-refractivity contribution in [2.45, 2.75) is 66.3 Å². The number of hydrogen-bond acceptors (Lipinski definition) is 2. The average Bonchev–Trinajstić information content (AvgIpc) is 2.82. The van der Waals surface area contributed by atoms with Crippen molar-refractivity contribution in [3.63, 3.8) is 0 Å². The summed E-state index contributed by atoms with van der Waals surface area (Å²) in [6.07, 6.45) is 4.97. The van der Waals surface area contributed by atoms with Gasteiger partial charge in [0.25, 0.3) is 0 Å². The van der Waals surface area contributed by atoms with E-state index in [0.717, 1.165) is 18.4 Å². The first-order valence-corrected chi connectivity index (χ1v) is 9.15. The molecule has 130 valence electrons. The van der Waals surface area contributed by atoms with E-state index >= 15 is 0 Å². The van der Waals surface area contributed by atoms with Gasteiger partial charge < -0.3 is 16.0 Å². The lowest BCUT2D eigenvalue weighted by Gasteiger charge is -2.18. The molecule has 0 aliphatic carbocycles. The fourth-order valence-corrected chi connectivity index (χ4v) is 3.17. The molecule has 0 aromatic rings. The molecule has 4 nitrogen and oxygen atoms in total. The fourth-order valence-electron chi connectivity index (χ4n) is 3.17. The van der Waals surface area contributed by atoms with Gasteiger partial charge in [-0.2, -0.15) is 0 Å². The second-order valence-corrected chi connectivity index (χ2v) is 7.90. The Balaban J connectivity index is 2.20.